The number of aromatic amines is 1. The van der Waals surface area contributed by atoms with E-state index < -0.39 is 10.0 Å². The molecule has 0 aliphatic carbocycles. The van der Waals surface area contributed by atoms with Gasteiger partial charge in [-0.1, -0.05) is 0 Å². The number of aromatic nitrogens is 5. The van der Waals surface area contributed by atoms with Crippen LogP contribution in [0, 0.1) is 0 Å². The predicted octanol–water partition coefficient (Wildman–Crippen LogP) is 0.304. The Morgan fingerprint density at radius 3 is 2.08 bits per heavy atom. The maximum absolute atomic E-state index is 13.0. The maximum Gasteiger partial charge on any atom is 0.261 e. The summed E-state index contributed by atoms with van der Waals surface area (Å²) in [5, 5.41) is 10.9. The van der Waals surface area contributed by atoms with Crippen LogP contribution in [0.3, 0.4) is 0 Å². The van der Waals surface area contributed by atoms with Crippen LogP contribution in [0.5, 0.6) is 0 Å². The molecule has 2 saturated heterocycles. The first-order valence-corrected chi connectivity index (χ1v) is 14.1. The third-order valence-electron chi connectivity index (χ3n) is 6.72. The molecular formula is C24H30N12O2S. The molecule has 2 aliphatic heterocycles. The molecule has 2 aromatic heterocycles. The Hall–Kier alpha value is -4.05. The van der Waals surface area contributed by atoms with Crippen LogP contribution in [0.4, 0.5) is 29.2 Å². The summed E-state index contributed by atoms with van der Waals surface area (Å²) in [6.07, 6.45) is 2.41. The van der Waals surface area contributed by atoms with Gasteiger partial charge in [-0.2, -0.15) is 20.1 Å². The van der Waals surface area contributed by atoms with Gasteiger partial charge in [0.1, 0.15) is 0 Å². The number of piperidine rings is 1. The topological polar surface area (TPSA) is 210 Å². The zero-order chi connectivity index (χ0) is 27.1. The molecule has 4 heterocycles. The Labute approximate surface area is 225 Å². The minimum absolute atomic E-state index is 0.0722. The summed E-state index contributed by atoms with van der Waals surface area (Å²) in [7, 11) is -3.81. The molecule has 0 bridgehead atoms. The van der Waals surface area contributed by atoms with Gasteiger partial charge in [0.25, 0.3) is 10.0 Å². The molecule has 0 saturated carbocycles. The first-order valence-electron chi connectivity index (χ1n) is 12.6. The lowest BCUT2D eigenvalue weighted by Gasteiger charge is -2.38. The molecule has 0 unspecified atom stereocenters. The first-order chi connectivity index (χ1) is 18.7. The Morgan fingerprint density at radius 2 is 1.44 bits per heavy atom. The van der Waals surface area contributed by atoms with Crippen molar-refractivity contribution in [3.63, 3.8) is 0 Å². The summed E-state index contributed by atoms with van der Waals surface area (Å²) in [5.74, 6) is 1.31. The van der Waals surface area contributed by atoms with Crippen molar-refractivity contribution in [1.82, 2.24) is 25.1 Å². The largest absolute Gasteiger partial charge is 0.338 e. The maximum atomic E-state index is 13.0. The van der Waals surface area contributed by atoms with Crippen molar-refractivity contribution >= 4 is 50.1 Å². The van der Waals surface area contributed by atoms with Crippen molar-refractivity contribution in [3.05, 3.63) is 48.7 Å². The molecule has 14 nitrogen and oxygen atoms in total. The highest BCUT2D eigenvalue weighted by Gasteiger charge is 2.29. The van der Waals surface area contributed by atoms with E-state index >= 15 is 0 Å². The standard InChI is InChI=1S/C24H30N12O2S/c25-15-7-16(26)11-35(10-15)23-30-22(31-24(32-23)36-12-17(27)13-36)29-18-3-5-20(6-4-18)39(37,38)34-19-2-1-14-9-28-33-21(14)8-19/h1-6,8-9,15-17,34H,7,10-13,25-27H2,(H,28,33)(H,29,30,31,32)/t15-,16+. The molecule has 15 heteroatoms. The van der Waals surface area contributed by atoms with Gasteiger partial charge in [0.05, 0.1) is 22.3 Å². The van der Waals surface area contributed by atoms with Crippen LogP contribution in [-0.2, 0) is 10.0 Å². The molecule has 6 rings (SSSR count). The average molecular weight is 551 g/mol. The molecule has 2 fully saturated rings. The fourth-order valence-electron chi connectivity index (χ4n) is 4.77. The van der Waals surface area contributed by atoms with Gasteiger partial charge in [-0.3, -0.25) is 9.82 Å². The Morgan fingerprint density at radius 1 is 0.821 bits per heavy atom. The molecule has 204 valence electrons. The number of anilines is 5. The number of nitrogens with two attached hydrogens (primary N) is 3. The van der Waals surface area contributed by atoms with E-state index in [-0.39, 0.29) is 23.0 Å². The smallest absolute Gasteiger partial charge is 0.261 e. The minimum atomic E-state index is -3.81. The second kappa shape index (κ2) is 9.92. The summed E-state index contributed by atoms with van der Waals surface area (Å²) >= 11 is 0. The molecule has 2 aromatic carbocycles. The highest BCUT2D eigenvalue weighted by molar-refractivity contribution is 7.92. The third kappa shape index (κ3) is 5.42. The van der Waals surface area contributed by atoms with Crippen molar-refractivity contribution in [1.29, 1.82) is 0 Å². The number of benzene rings is 2. The molecular weight excluding hydrogens is 520 g/mol. The van der Waals surface area contributed by atoms with Gasteiger partial charge >= 0.3 is 0 Å². The minimum Gasteiger partial charge on any atom is -0.338 e. The van der Waals surface area contributed by atoms with Crippen LogP contribution >= 0.6 is 0 Å². The number of H-pyrrole nitrogens is 1. The number of hydrogen-bond donors (Lipinski definition) is 6. The van der Waals surface area contributed by atoms with Gasteiger partial charge in [0, 0.05) is 55.4 Å². The summed E-state index contributed by atoms with van der Waals surface area (Å²) < 4.78 is 28.5. The van der Waals surface area contributed by atoms with Crippen LogP contribution in [0.2, 0.25) is 0 Å². The summed E-state index contributed by atoms with van der Waals surface area (Å²) in [6.45, 7) is 2.47. The number of nitrogens with zero attached hydrogens (tertiary/aromatic N) is 6. The quantitative estimate of drug-likeness (QED) is 0.183. The molecule has 4 aromatic rings. The number of rotatable bonds is 7. The van der Waals surface area contributed by atoms with E-state index in [0.717, 1.165) is 17.3 Å². The Kier molecular flexibility index (Phi) is 6.42. The Balaban J connectivity index is 1.21. The van der Waals surface area contributed by atoms with Crippen LogP contribution in [0.1, 0.15) is 6.42 Å². The van der Waals surface area contributed by atoms with E-state index in [0.29, 0.717) is 55.4 Å². The molecule has 2 atom stereocenters. The summed E-state index contributed by atoms with van der Waals surface area (Å²) in [4.78, 5) is 17.9. The van der Waals surface area contributed by atoms with Gasteiger partial charge in [-0.15, -0.1) is 0 Å². The van der Waals surface area contributed by atoms with E-state index in [2.05, 4.69) is 35.2 Å². The SMILES string of the molecule is NC1CN(c2nc(Nc3ccc(S(=O)(=O)Nc4ccc5cn[nH]c5c4)cc3)nc(N3C[C@H](N)C[C@H](N)C3)n2)C1. The van der Waals surface area contributed by atoms with E-state index in [1.807, 2.05) is 9.80 Å². The van der Waals surface area contributed by atoms with Crippen molar-refractivity contribution in [2.45, 2.75) is 29.4 Å². The number of fused-ring (bicyclic) bond motifs is 1. The van der Waals surface area contributed by atoms with E-state index in [1.54, 1.807) is 36.5 Å². The zero-order valence-corrected chi connectivity index (χ0v) is 21.8. The zero-order valence-electron chi connectivity index (χ0n) is 21.0. The number of nitrogens with one attached hydrogen (secondary N) is 3. The van der Waals surface area contributed by atoms with E-state index in [1.165, 1.54) is 12.1 Å². The van der Waals surface area contributed by atoms with Gasteiger partial charge in [-0.05, 0) is 48.9 Å². The molecule has 9 N–H and O–H groups in total. The summed E-state index contributed by atoms with van der Waals surface area (Å²) in [6, 6.07) is 11.4. The van der Waals surface area contributed by atoms with Crippen molar-refractivity contribution in [3.8, 4) is 0 Å². The fraction of sp³-hybridized carbons (Fsp3) is 0.333. The van der Waals surface area contributed by atoms with Gasteiger partial charge in [0.15, 0.2) is 0 Å². The molecule has 0 spiro atoms. The van der Waals surface area contributed by atoms with Gasteiger partial charge in [0.2, 0.25) is 17.8 Å². The van der Waals surface area contributed by atoms with E-state index in [4.69, 9.17) is 17.2 Å². The monoisotopic (exact) mass is 550 g/mol. The van der Waals surface area contributed by atoms with Crippen molar-refractivity contribution in [2.24, 2.45) is 17.2 Å². The second-order valence-corrected chi connectivity index (χ2v) is 11.7. The van der Waals surface area contributed by atoms with E-state index in [9.17, 15) is 8.42 Å². The molecule has 0 amide bonds. The Bertz CT molecular complexity index is 1580. The lowest BCUT2D eigenvalue weighted by atomic mass is 10.0. The lowest BCUT2D eigenvalue weighted by Crippen LogP contribution is -2.56. The number of sulfonamides is 1. The van der Waals surface area contributed by atoms with Crippen LogP contribution < -0.4 is 37.0 Å². The highest BCUT2D eigenvalue weighted by Crippen LogP contribution is 2.25. The fourth-order valence-corrected chi connectivity index (χ4v) is 5.82. The van der Waals surface area contributed by atoms with Crippen LogP contribution in [0.25, 0.3) is 10.9 Å². The lowest BCUT2D eigenvalue weighted by molar-refractivity contribution is 0.446. The van der Waals surface area contributed by atoms with Crippen molar-refractivity contribution in [2.75, 3.05) is 46.0 Å². The predicted molar refractivity (Wildman–Crippen MR) is 149 cm³/mol. The van der Waals surface area contributed by atoms with Crippen LogP contribution in [-0.4, -0.2) is 77.9 Å². The highest BCUT2D eigenvalue weighted by atomic mass is 32.2. The first kappa shape index (κ1) is 25.2. The third-order valence-corrected chi connectivity index (χ3v) is 8.11. The van der Waals surface area contributed by atoms with Crippen LogP contribution in [0.15, 0.2) is 53.6 Å². The molecule has 39 heavy (non-hydrogen) atoms. The average Bonchev–Trinajstić information content (AvgIpc) is 3.34. The van der Waals surface area contributed by atoms with Crippen molar-refractivity contribution < 1.29 is 8.42 Å². The van der Waals surface area contributed by atoms with Gasteiger partial charge < -0.3 is 32.3 Å². The summed E-state index contributed by atoms with van der Waals surface area (Å²) in [5.41, 5.74) is 20.1. The normalized spacial score (nSPS) is 20.2. The van der Waals surface area contributed by atoms with Gasteiger partial charge in [-0.25, -0.2) is 8.42 Å². The second-order valence-electron chi connectivity index (χ2n) is 10.0. The number of hydrogen-bond acceptors (Lipinski definition) is 12. The molecule has 2 aliphatic rings. The molecule has 0 radical (unpaired) electrons.